The molecule has 0 aliphatic carbocycles. The van der Waals surface area contributed by atoms with Gasteiger partial charge in [-0.05, 0) is 77.9 Å². The normalized spacial score (nSPS) is 11.2. The summed E-state index contributed by atoms with van der Waals surface area (Å²) in [6, 6.07) is 32.9. The average Bonchev–Trinajstić information content (AvgIpc) is 3.45. The molecule has 44 heavy (non-hydrogen) atoms. The second kappa shape index (κ2) is 14.6. The number of rotatable bonds is 14. The third kappa shape index (κ3) is 7.38. The van der Waals surface area contributed by atoms with Crippen LogP contribution in [-0.2, 0) is 17.6 Å². The van der Waals surface area contributed by atoms with E-state index in [0.717, 1.165) is 36.6 Å². The quantitative estimate of drug-likeness (QED) is 0.127. The molecule has 0 atom stereocenters. The number of aromatic nitrogens is 1. The van der Waals surface area contributed by atoms with E-state index in [1.54, 1.807) is 12.1 Å². The van der Waals surface area contributed by atoms with Crippen LogP contribution >= 0.6 is 0 Å². The summed E-state index contributed by atoms with van der Waals surface area (Å²) in [5, 5.41) is 12.8. The summed E-state index contributed by atoms with van der Waals surface area (Å²) in [7, 11) is 0. The largest absolute Gasteiger partial charge is 0.491 e. The van der Waals surface area contributed by atoms with E-state index < -0.39 is 5.97 Å². The number of carbonyl (C=O) groups is 2. The SMILES string of the molecule is CCCc1ccc(C(c2ccc(CCC)cc2)n2ccc3cc(C(=O)Nc4ccccc4OCCCC(=O)O)ccc32)cc1. The number of anilines is 1. The second-order valence-electron chi connectivity index (χ2n) is 11.2. The summed E-state index contributed by atoms with van der Waals surface area (Å²) >= 11 is 0. The molecule has 6 heteroatoms. The Labute approximate surface area is 259 Å². The highest BCUT2D eigenvalue weighted by atomic mass is 16.5. The van der Waals surface area contributed by atoms with E-state index in [9.17, 15) is 9.59 Å². The Morgan fingerprint density at radius 2 is 1.45 bits per heavy atom. The Hall–Kier alpha value is -4.84. The average molecular weight is 589 g/mol. The number of aryl methyl sites for hydroxylation is 2. The van der Waals surface area contributed by atoms with Crippen molar-refractivity contribution in [2.45, 2.75) is 58.4 Å². The van der Waals surface area contributed by atoms with Gasteiger partial charge >= 0.3 is 5.97 Å². The highest BCUT2D eigenvalue weighted by Crippen LogP contribution is 2.33. The van der Waals surface area contributed by atoms with E-state index >= 15 is 0 Å². The number of nitrogens with zero attached hydrogens (tertiary/aromatic N) is 1. The third-order valence-corrected chi connectivity index (χ3v) is 7.86. The van der Waals surface area contributed by atoms with Crippen molar-refractivity contribution in [2.24, 2.45) is 0 Å². The third-order valence-electron chi connectivity index (χ3n) is 7.86. The molecule has 0 unspecified atom stereocenters. The fourth-order valence-electron chi connectivity index (χ4n) is 5.65. The lowest BCUT2D eigenvalue weighted by molar-refractivity contribution is -0.137. The number of carbonyl (C=O) groups excluding carboxylic acids is 1. The first-order valence-corrected chi connectivity index (χ1v) is 15.5. The van der Waals surface area contributed by atoms with Crippen LogP contribution in [0.15, 0.2) is 103 Å². The summed E-state index contributed by atoms with van der Waals surface area (Å²) in [6.07, 6.45) is 6.89. The van der Waals surface area contributed by atoms with Crippen LogP contribution in [0, 0.1) is 0 Å². The Morgan fingerprint density at radius 3 is 2.07 bits per heavy atom. The molecule has 0 aliphatic heterocycles. The van der Waals surface area contributed by atoms with E-state index in [1.807, 2.05) is 30.3 Å². The van der Waals surface area contributed by atoms with Gasteiger partial charge in [-0.15, -0.1) is 0 Å². The molecule has 226 valence electrons. The van der Waals surface area contributed by atoms with E-state index in [2.05, 4.69) is 84.5 Å². The summed E-state index contributed by atoms with van der Waals surface area (Å²) in [4.78, 5) is 24.1. The zero-order valence-corrected chi connectivity index (χ0v) is 25.5. The van der Waals surface area contributed by atoms with E-state index in [0.29, 0.717) is 23.4 Å². The number of hydrogen-bond acceptors (Lipinski definition) is 3. The molecule has 1 aromatic heterocycles. The molecule has 4 aromatic carbocycles. The van der Waals surface area contributed by atoms with Gasteiger partial charge in [0, 0.05) is 29.1 Å². The smallest absolute Gasteiger partial charge is 0.303 e. The Morgan fingerprint density at radius 1 is 0.818 bits per heavy atom. The van der Waals surface area contributed by atoms with Gasteiger partial charge in [0.2, 0.25) is 0 Å². The monoisotopic (exact) mass is 588 g/mol. The number of ether oxygens (including phenoxy) is 1. The number of fused-ring (bicyclic) bond motifs is 1. The number of carboxylic acid groups (broad SMARTS) is 1. The predicted molar refractivity (Wildman–Crippen MR) is 177 cm³/mol. The molecular formula is C38H40N2O4. The molecule has 0 saturated heterocycles. The molecule has 0 fully saturated rings. The van der Waals surface area contributed by atoms with Gasteiger partial charge in [0.25, 0.3) is 5.91 Å². The zero-order chi connectivity index (χ0) is 30.9. The van der Waals surface area contributed by atoms with Crippen molar-refractivity contribution in [1.82, 2.24) is 4.57 Å². The molecular weight excluding hydrogens is 548 g/mol. The Bertz CT molecular complexity index is 1650. The minimum atomic E-state index is -0.861. The van der Waals surface area contributed by atoms with Crippen LogP contribution in [0.25, 0.3) is 10.9 Å². The summed E-state index contributed by atoms with van der Waals surface area (Å²) in [5.41, 5.74) is 7.25. The maximum absolute atomic E-state index is 13.3. The number of hydrogen-bond donors (Lipinski definition) is 2. The van der Waals surface area contributed by atoms with E-state index in [1.165, 1.54) is 22.3 Å². The molecule has 0 bridgehead atoms. The first-order chi connectivity index (χ1) is 21.5. The second-order valence-corrected chi connectivity index (χ2v) is 11.2. The minimum Gasteiger partial charge on any atom is -0.491 e. The number of carboxylic acids is 1. The first kappa shape index (κ1) is 30.6. The van der Waals surface area contributed by atoms with Crippen molar-refractivity contribution in [3.8, 4) is 5.75 Å². The van der Waals surface area contributed by atoms with Crippen LogP contribution in [0.1, 0.15) is 78.2 Å². The number of amides is 1. The molecule has 1 amide bonds. The number of benzene rings is 4. The van der Waals surface area contributed by atoms with Gasteiger partial charge in [0.1, 0.15) is 5.75 Å². The highest BCUT2D eigenvalue weighted by Gasteiger charge is 2.19. The fourth-order valence-corrected chi connectivity index (χ4v) is 5.65. The Kier molecular flexibility index (Phi) is 10.1. The molecule has 2 N–H and O–H groups in total. The van der Waals surface area contributed by atoms with Crippen LogP contribution in [0.4, 0.5) is 5.69 Å². The van der Waals surface area contributed by atoms with Crippen LogP contribution in [-0.4, -0.2) is 28.2 Å². The minimum absolute atomic E-state index is 0.0105. The lowest BCUT2D eigenvalue weighted by Crippen LogP contribution is -2.14. The Balaban J connectivity index is 1.41. The number of para-hydroxylation sites is 2. The predicted octanol–water partition coefficient (Wildman–Crippen LogP) is 8.68. The van der Waals surface area contributed by atoms with Crippen molar-refractivity contribution in [1.29, 1.82) is 0 Å². The van der Waals surface area contributed by atoms with Crippen LogP contribution in [0.5, 0.6) is 5.75 Å². The number of nitrogens with one attached hydrogen (secondary N) is 1. The maximum atomic E-state index is 13.3. The van der Waals surface area contributed by atoms with Crippen LogP contribution in [0.3, 0.4) is 0 Å². The standard InChI is InChI=1S/C38H40N2O4/c1-3-8-27-13-17-29(18-14-27)37(30-19-15-28(9-4-2)16-20-30)40-24-23-31-26-32(21-22-34(31)40)38(43)39-33-10-5-6-11-35(33)44-25-7-12-36(41)42/h5-6,10-11,13-24,26,37H,3-4,7-9,12,25H2,1-2H3,(H,39,43)(H,41,42). The van der Waals surface area contributed by atoms with Crippen LogP contribution in [0.2, 0.25) is 0 Å². The van der Waals surface area contributed by atoms with Gasteiger partial charge in [-0.3, -0.25) is 9.59 Å². The highest BCUT2D eigenvalue weighted by molar-refractivity contribution is 6.07. The molecule has 6 nitrogen and oxygen atoms in total. The van der Waals surface area contributed by atoms with Gasteiger partial charge in [-0.1, -0.05) is 87.4 Å². The summed E-state index contributed by atoms with van der Waals surface area (Å²) < 4.78 is 8.06. The van der Waals surface area contributed by atoms with Crippen molar-refractivity contribution in [3.05, 3.63) is 131 Å². The topological polar surface area (TPSA) is 80.6 Å². The van der Waals surface area contributed by atoms with Gasteiger partial charge < -0.3 is 19.7 Å². The molecule has 0 aliphatic rings. The molecule has 0 saturated carbocycles. The van der Waals surface area contributed by atoms with Crippen molar-refractivity contribution in [2.75, 3.05) is 11.9 Å². The lowest BCUT2D eigenvalue weighted by atomic mass is 9.95. The van der Waals surface area contributed by atoms with Gasteiger partial charge in [-0.2, -0.15) is 0 Å². The summed E-state index contributed by atoms with van der Waals surface area (Å²) in [6.45, 7) is 4.65. The van der Waals surface area contributed by atoms with Crippen molar-refractivity contribution >= 4 is 28.5 Å². The van der Waals surface area contributed by atoms with E-state index in [4.69, 9.17) is 9.84 Å². The first-order valence-electron chi connectivity index (χ1n) is 15.5. The fraction of sp³-hybridized carbons (Fsp3) is 0.263. The van der Waals surface area contributed by atoms with Gasteiger partial charge in [0.05, 0.1) is 18.3 Å². The van der Waals surface area contributed by atoms with E-state index in [-0.39, 0.29) is 25.0 Å². The van der Waals surface area contributed by atoms with Crippen molar-refractivity contribution in [3.63, 3.8) is 0 Å². The molecule has 0 radical (unpaired) electrons. The molecule has 5 aromatic rings. The van der Waals surface area contributed by atoms with Crippen LogP contribution < -0.4 is 10.1 Å². The molecule has 1 heterocycles. The number of aliphatic carboxylic acids is 1. The molecule has 0 spiro atoms. The van der Waals surface area contributed by atoms with Gasteiger partial charge in [0.15, 0.2) is 0 Å². The lowest BCUT2D eigenvalue weighted by Gasteiger charge is -2.22. The zero-order valence-electron chi connectivity index (χ0n) is 25.5. The summed E-state index contributed by atoms with van der Waals surface area (Å²) in [5.74, 6) is -0.590. The van der Waals surface area contributed by atoms with Crippen molar-refractivity contribution < 1.29 is 19.4 Å². The molecule has 5 rings (SSSR count). The maximum Gasteiger partial charge on any atom is 0.303 e. The van der Waals surface area contributed by atoms with Gasteiger partial charge in [-0.25, -0.2) is 0 Å².